The zero-order valence-corrected chi connectivity index (χ0v) is 8.92. The van der Waals surface area contributed by atoms with Gasteiger partial charge in [-0.2, -0.15) is 5.10 Å². The van der Waals surface area contributed by atoms with E-state index in [9.17, 15) is 14.4 Å². The molecule has 0 aliphatic heterocycles. The molecule has 0 saturated heterocycles. The van der Waals surface area contributed by atoms with Gasteiger partial charge in [-0.1, -0.05) is 18.2 Å². The maximum Gasteiger partial charge on any atom is 0.271 e. The molecule has 1 rings (SSSR count). The molecule has 2 amide bonds. The molecular weight excluding hydrogens is 222 g/mol. The first-order chi connectivity index (χ1) is 8.15. The lowest BCUT2D eigenvalue weighted by atomic mass is 10.2. The van der Waals surface area contributed by atoms with Crippen molar-refractivity contribution >= 4 is 23.8 Å². The van der Waals surface area contributed by atoms with E-state index in [4.69, 9.17) is 5.73 Å². The number of nitrogens with one attached hydrogen (secondary N) is 1. The van der Waals surface area contributed by atoms with E-state index in [0.29, 0.717) is 11.8 Å². The van der Waals surface area contributed by atoms with Crippen LogP contribution in [0.2, 0.25) is 0 Å². The van der Waals surface area contributed by atoms with Gasteiger partial charge in [0.05, 0.1) is 6.42 Å². The Morgan fingerprint density at radius 1 is 1.29 bits per heavy atom. The van der Waals surface area contributed by atoms with E-state index in [1.54, 1.807) is 30.3 Å². The number of hydrazone groups is 1. The fourth-order valence-corrected chi connectivity index (χ4v) is 1.05. The highest BCUT2D eigenvalue weighted by Crippen LogP contribution is 1.97. The molecule has 1 aromatic rings. The summed E-state index contributed by atoms with van der Waals surface area (Å²) in [6.45, 7) is 0. The molecule has 0 fully saturated rings. The molecule has 88 valence electrons. The van der Waals surface area contributed by atoms with Crippen molar-refractivity contribution in [2.45, 2.75) is 6.42 Å². The number of rotatable bonds is 5. The van der Waals surface area contributed by atoms with Crippen LogP contribution in [0.3, 0.4) is 0 Å². The molecule has 0 unspecified atom stereocenters. The minimum Gasteiger partial charge on any atom is -0.364 e. The van der Waals surface area contributed by atoms with Crippen LogP contribution in [0.15, 0.2) is 35.4 Å². The molecule has 0 heterocycles. The summed E-state index contributed by atoms with van der Waals surface area (Å²) < 4.78 is 0. The van der Waals surface area contributed by atoms with Crippen molar-refractivity contribution in [1.82, 2.24) is 5.43 Å². The minimum absolute atomic E-state index is 0.190. The maximum atomic E-state index is 11.5. The molecule has 0 atom stereocenters. The van der Waals surface area contributed by atoms with Crippen molar-refractivity contribution in [3.63, 3.8) is 0 Å². The van der Waals surface area contributed by atoms with Gasteiger partial charge in [-0.05, 0) is 12.1 Å². The molecule has 0 aliphatic rings. The maximum absolute atomic E-state index is 11.5. The molecule has 0 radical (unpaired) electrons. The lowest BCUT2D eigenvalue weighted by Gasteiger charge is -2.01. The molecule has 17 heavy (non-hydrogen) atoms. The Morgan fingerprint density at radius 2 is 1.94 bits per heavy atom. The number of nitrogens with zero attached hydrogens (tertiary/aromatic N) is 1. The van der Waals surface area contributed by atoms with Crippen LogP contribution in [0, 0.1) is 0 Å². The van der Waals surface area contributed by atoms with Crippen LogP contribution in [-0.4, -0.2) is 23.8 Å². The lowest BCUT2D eigenvalue weighted by Crippen LogP contribution is -2.28. The van der Waals surface area contributed by atoms with Crippen molar-refractivity contribution in [2.24, 2.45) is 10.8 Å². The van der Waals surface area contributed by atoms with Gasteiger partial charge in [-0.15, -0.1) is 0 Å². The number of amides is 2. The minimum atomic E-state index is -0.842. The van der Waals surface area contributed by atoms with E-state index in [1.807, 2.05) is 0 Å². The van der Waals surface area contributed by atoms with Crippen LogP contribution in [0.1, 0.15) is 16.8 Å². The predicted molar refractivity (Wildman–Crippen MR) is 61.2 cm³/mol. The Bertz CT molecular complexity index is 454. The van der Waals surface area contributed by atoms with Crippen molar-refractivity contribution in [2.75, 3.05) is 0 Å². The van der Waals surface area contributed by atoms with Gasteiger partial charge in [-0.3, -0.25) is 9.59 Å². The molecule has 6 heteroatoms. The summed E-state index contributed by atoms with van der Waals surface area (Å²) in [5.41, 5.74) is 7.33. The van der Waals surface area contributed by atoms with Crippen LogP contribution < -0.4 is 11.2 Å². The second-order valence-electron chi connectivity index (χ2n) is 3.10. The molecule has 0 aromatic heterocycles. The van der Waals surface area contributed by atoms with E-state index < -0.39 is 11.8 Å². The molecule has 3 N–H and O–H groups in total. The largest absolute Gasteiger partial charge is 0.364 e. The number of hydrogen-bond donors (Lipinski definition) is 2. The van der Waals surface area contributed by atoms with Crippen LogP contribution in [0.4, 0.5) is 0 Å². The van der Waals surface area contributed by atoms with E-state index in [1.165, 1.54) is 0 Å². The molecule has 1 aromatic carbocycles. The molecule has 0 bridgehead atoms. The summed E-state index contributed by atoms with van der Waals surface area (Å²) in [6.07, 6.45) is 0.253. The Labute approximate surface area is 97.5 Å². The molecular formula is C11H11N3O3. The van der Waals surface area contributed by atoms with Crippen LogP contribution >= 0.6 is 0 Å². The third-order valence-corrected chi connectivity index (χ3v) is 1.89. The number of aldehydes is 1. The Kier molecular flexibility index (Phi) is 4.56. The van der Waals surface area contributed by atoms with Crippen molar-refractivity contribution in [1.29, 1.82) is 0 Å². The highest BCUT2D eigenvalue weighted by molar-refractivity contribution is 6.40. The molecule has 0 spiro atoms. The van der Waals surface area contributed by atoms with Gasteiger partial charge in [0.2, 0.25) is 0 Å². The standard InChI is InChI=1S/C11H11N3O3/c12-10(16)9(6-7-15)13-14-11(17)8-4-2-1-3-5-8/h1-5,7H,6H2,(H2,12,16)(H,14,17). The average molecular weight is 233 g/mol. The Morgan fingerprint density at radius 3 is 2.47 bits per heavy atom. The lowest BCUT2D eigenvalue weighted by molar-refractivity contribution is -0.113. The number of hydrogen-bond acceptors (Lipinski definition) is 4. The third kappa shape index (κ3) is 3.86. The number of primary amides is 1. The first kappa shape index (κ1) is 12.6. The summed E-state index contributed by atoms with van der Waals surface area (Å²) in [5.74, 6) is -1.32. The van der Waals surface area contributed by atoms with Crippen molar-refractivity contribution in [3.05, 3.63) is 35.9 Å². The van der Waals surface area contributed by atoms with Crippen molar-refractivity contribution < 1.29 is 14.4 Å². The van der Waals surface area contributed by atoms with Crippen molar-refractivity contribution in [3.8, 4) is 0 Å². The van der Waals surface area contributed by atoms with E-state index in [-0.39, 0.29) is 12.1 Å². The second kappa shape index (κ2) is 6.16. The first-order valence-corrected chi connectivity index (χ1v) is 4.80. The normalized spacial score (nSPS) is 10.7. The number of benzene rings is 1. The van der Waals surface area contributed by atoms with Crippen LogP contribution in [-0.2, 0) is 9.59 Å². The fraction of sp³-hybridized carbons (Fsp3) is 0.0909. The quantitative estimate of drug-likeness (QED) is 0.420. The molecule has 0 saturated carbocycles. The van der Waals surface area contributed by atoms with E-state index >= 15 is 0 Å². The second-order valence-corrected chi connectivity index (χ2v) is 3.10. The monoisotopic (exact) mass is 233 g/mol. The summed E-state index contributed by atoms with van der Waals surface area (Å²) >= 11 is 0. The molecule has 0 aliphatic carbocycles. The van der Waals surface area contributed by atoms with E-state index in [0.717, 1.165) is 0 Å². The SMILES string of the molecule is NC(=O)C(CC=O)=NNC(=O)c1ccccc1. The van der Waals surface area contributed by atoms with Gasteiger partial charge >= 0.3 is 0 Å². The van der Waals surface area contributed by atoms with Gasteiger partial charge in [-0.25, -0.2) is 5.43 Å². The highest BCUT2D eigenvalue weighted by Gasteiger charge is 2.08. The zero-order valence-electron chi connectivity index (χ0n) is 8.92. The van der Waals surface area contributed by atoms with E-state index in [2.05, 4.69) is 10.5 Å². The smallest absolute Gasteiger partial charge is 0.271 e. The summed E-state index contributed by atoms with van der Waals surface area (Å²) in [4.78, 5) is 32.6. The number of carbonyl (C=O) groups excluding carboxylic acids is 3. The summed E-state index contributed by atoms with van der Waals surface area (Å²) in [6, 6.07) is 8.34. The van der Waals surface area contributed by atoms with Crippen LogP contribution in [0.25, 0.3) is 0 Å². The predicted octanol–water partition coefficient (Wildman–Crippen LogP) is -0.153. The topological polar surface area (TPSA) is 102 Å². The molecule has 6 nitrogen and oxygen atoms in total. The first-order valence-electron chi connectivity index (χ1n) is 4.80. The Hall–Kier alpha value is -2.50. The highest BCUT2D eigenvalue weighted by atomic mass is 16.2. The Balaban J connectivity index is 2.72. The van der Waals surface area contributed by atoms with Gasteiger partial charge in [0.1, 0.15) is 12.0 Å². The van der Waals surface area contributed by atoms with Crippen LogP contribution in [0.5, 0.6) is 0 Å². The number of carbonyl (C=O) groups is 3. The van der Waals surface area contributed by atoms with Gasteiger partial charge in [0.25, 0.3) is 11.8 Å². The fourth-order valence-electron chi connectivity index (χ4n) is 1.05. The van der Waals surface area contributed by atoms with Gasteiger partial charge in [0.15, 0.2) is 0 Å². The summed E-state index contributed by atoms with van der Waals surface area (Å²) in [7, 11) is 0. The number of nitrogens with two attached hydrogens (primary N) is 1. The summed E-state index contributed by atoms with van der Waals surface area (Å²) in [5, 5.41) is 3.50. The van der Waals surface area contributed by atoms with Gasteiger partial charge in [0, 0.05) is 5.56 Å². The average Bonchev–Trinajstić information content (AvgIpc) is 2.34. The zero-order chi connectivity index (χ0) is 12.7. The van der Waals surface area contributed by atoms with Gasteiger partial charge < -0.3 is 10.5 Å². The third-order valence-electron chi connectivity index (χ3n) is 1.89.